The summed E-state index contributed by atoms with van der Waals surface area (Å²) in [6.07, 6.45) is -4.10. The molecule has 5 heteroatoms. The van der Waals surface area contributed by atoms with Gasteiger partial charge in [0, 0.05) is 19.6 Å². The summed E-state index contributed by atoms with van der Waals surface area (Å²) in [6, 6.07) is 0. The molecule has 0 radical (unpaired) electrons. The van der Waals surface area contributed by atoms with E-state index in [0.29, 0.717) is 13.1 Å². The molecule has 0 unspecified atom stereocenters. The first-order valence-corrected chi connectivity index (χ1v) is 5.09. The minimum absolute atomic E-state index is 0.424. The molecule has 0 aromatic rings. The van der Waals surface area contributed by atoms with E-state index in [1.807, 2.05) is 6.92 Å². The van der Waals surface area contributed by atoms with Crippen LogP contribution in [-0.2, 0) is 0 Å². The fourth-order valence-electron chi connectivity index (χ4n) is 1.53. The third kappa shape index (κ3) is 4.22. The lowest BCUT2D eigenvalue weighted by atomic mass is 10.0. The third-order valence-corrected chi connectivity index (χ3v) is 2.59. The van der Waals surface area contributed by atoms with Gasteiger partial charge in [-0.25, -0.2) is 0 Å². The Hall–Kier alpha value is -0.550. The Morgan fingerprint density at radius 1 is 1.40 bits per heavy atom. The van der Waals surface area contributed by atoms with Crippen molar-refractivity contribution in [1.29, 1.82) is 0 Å². The molecule has 0 spiro atoms. The molecule has 88 valence electrons. The van der Waals surface area contributed by atoms with E-state index in [0.717, 1.165) is 18.7 Å². The van der Waals surface area contributed by atoms with Crippen molar-refractivity contribution in [2.24, 2.45) is 0 Å². The predicted octanol–water partition coefficient (Wildman–Crippen LogP) is 1.79. The van der Waals surface area contributed by atoms with Crippen LogP contribution in [0.4, 0.5) is 13.2 Å². The molecular weight excluding hydrogens is 205 g/mol. The number of nitrogens with one attached hydrogen (secondary N) is 1. The van der Waals surface area contributed by atoms with Crippen molar-refractivity contribution >= 4 is 0 Å². The maximum atomic E-state index is 12.2. The molecule has 0 atom stereocenters. The fraction of sp³-hybridized carbons (Fsp3) is 0.800. The second kappa shape index (κ2) is 4.99. The van der Waals surface area contributed by atoms with Crippen LogP contribution in [0.5, 0.6) is 0 Å². The zero-order chi connectivity index (χ0) is 11.5. The topological polar surface area (TPSA) is 15.3 Å². The molecule has 1 rings (SSSR count). The highest BCUT2D eigenvalue weighted by Crippen LogP contribution is 2.18. The monoisotopic (exact) mass is 222 g/mol. The lowest BCUT2D eigenvalue weighted by Gasteiger charge is -2.27. The number of nitrogens with zero attached hydrogens (tertiary/aromatic N) is 1. The molecule has 1 fully saturated rings. The Kier molecular flexibility index (Phi) is 4.16. The van der Waals surface area contributed by atoms with Crippen LogP contribution in [0.2, 0.25) is 0 Å². The Bertz CT molecular complexity index is 240. The first-order valence-electron chi connectivity index (χ1n) is 5.09. The number of hydrogen-bond acceptors (Lipinski definition) is 2. The molecule has 0 bridgehead atoms. The molecule has 1 heterocycles. The van der Waals surface area contributed by atoms with E-state index in [2.05, 4.69) is 5.32 Å². The number of rotatable bonds is 4. The highest BCUT2D eigenvalue weighted by Gasteiger charge is 2.30. The van der Waals surface area contributed by atoms with E-state index in [4.69, 9.17) is 0 Å². The normalized spacial score (nSPS) is 16.8. The number of hydrogen-bond donors (Lipinski definition) is 1. The van der Waals surface area contributed by atoms with Crippen molar-refractivity contribution in [3.8, 4) is 0 Å². The van der Waals surface area contributed by atoms with Crippen LogP contribution in [0.15, 0.2) is 11.1 Å². The number of likely N-dealkylation sites (N-methyl/N-ethyl adjacent to an activating group) is 1. The molecular formula is C10H17F3N2. The van der Waals surface area contributed by atoms with Gasteiger partial charge in [-0.1, -0.05) is 12.5 Å². The minimum atomic E-state index is -4.10. The van der Waals surface area contributed by atoms with Crippen LogP contribution < -0.4 is 5.32 Å². The summed E-state index contributed by atoms with van der Waals surface area (Å²) >= 11 is 0. The van der Waals surface area contributed by atoms with Crippen LogP contribution in [0, 0.1) is 0 Å². The molecule has 0 aromatic heterocycles. The van der Waals surface area contributed by atoms with Gasteiger partial charge in [-0.05, 0) is 19.0 Å². The van der Waals surface area contributed by atoms with Crippen LogP contribution >= 0.6 is 0 Å². The zero-order valence-electron chi connectivity index (χ0n) is 9.12. The van der Waals surface area contributed by atoms with E-state index < -0.39 is 12.7 Å². The van der Waals surface area contributed by atoms with Gasteiger partial charge in [-0.3, -0.25) is 4.90 Å². The van der Waals surface area contributed by atoms with Gasteiger partial charge in [0.25, 0.3) is 0 Å². The Morgan fingerprint density at radius 3 is 2.33 bits per heavy atom. The summed E-state index contributed by atoms with van der Waals surface area (Å²) in [5.74, 6) is 0. The first kappa shape index (κ1) is 12.5. The summed E-state index contributed by atoms with van der Waals surface area (Å²) in [5.41, 5.74) is 2.32. The maximum Gasteiger partial charge on any atom is 0.401 e. The molecule has 0 amide bonds. The van der Waals surface area contributed by atoms with Gasteiger partial charge in [-0.2, -0.15) is 13.2 Å². The van der Waals surface area contributed by atoms with E-state index in [9.17, 15) is 13.2 Å². The van der Waals surface area contributed by atoms with Crippen molar-refractivity contribution in [2.45, 2.75) is 20.0 Å². The molecule has 1 N–H and O–H groups in total. The molecule has 15 heavy (non-hydrogen) atoms. The van der Waals surface area contributed by atoms with Crippen molar-refractivity contribution in [3.05, 3.63) is 11.1 Å². The van der Waals surface area contributed by atoms with Crippen molar-refractivity contribution in [1.82, 2.24) is 10.2 Å². The largest absolute Gasteiger partial charge is 0.401 e. The first-order chi connectivity index (χ1) is 6.92. The Labute approximate surface area is 88.1 Å². The summed E-state index contributed by atoms with van der Waals surface area (Å²) < 4.78 is 36.5. The van der Waals surface area contributed by atoms with Gasteiger partial charge in [0.1, 0.15) is 0 Å². The van der Waals surface area contributed by atoms with Crippen molar-refractivity contribution in [2.75, 3.05) is 32.7 Å². The second-order valence-electron chi connectivity index (χ2n) is 3.91. The summed E-state index contributed by atoms with van der Waals surface area (Å²) in [4.78, 5) is 1.42. The fourth-order valence-corrected chi connectivity index (χ4v) is 1.53. The highest BCUT2D eigenvalue weighted by molar-refractivity contribution is 5.22. The highest BCUT2D eigenvalue weighted by atomic mass is 19.4. The molecule has 0 aromatic carbocycles. The van der Waals surface area contributed by atoms with Crippen LogP contribution in [0.1, 0.15) is 13.8 Å². The predicted molar refractivity (Wildman–Crippen MR) is 53.7 cm³/mol. The van der Waals surface area contributed by atoms with Crippen molar-refractivity contribution < 1.29 is 13.2 Å². The second-order valence-corrected chi connectivity index (χ2v) is 3.91. The lowest BCUT2D eigenvalue weighted by Crippen LogP contribution is -2.39. The average Bonchev–Trinajstić information content (AvgIpc) is 1.96. The van der Waals surface area contributed by atoms with Crippen molar-refractivity contribution in [3.63, 3.8) is 0 Å². The third-order valence-electron chi connectivity index (χ3n) is 2.59. The molecule has 1 aliphatic rings. The van der Waals surface area contributed by atoms with Crippen LogP contribution in [-0.4, -0.2) is 43.8 Å². The van der Waals surface area contributed by atoms with E-state index in [1.54, 1.807) is 6.92 Å². The molecule has 0 saturated carbocycles. The Morgan fingerprint density at radius 2 is 2.00 bits per heavy atom. The maximum absolute atomic E-state index is 12.2. The smallest absolute Gasteiger partial charge is 0.309 e. The SMILES string of the molecule is CCN(CC(C)=C1CNC1)CC(F)(F)F. The standard InChI is InChI=1S/C10H17F3N2/c1-3-15(7-10(11,12)13)6-8(2)9-4-14-5-9/h14H,3-7H2,1-2H3. The van der Waals surface area contributed by atoms with Gasteiger partial charge in [0.15, 0.2) is 0 Å². The summed E-state index contributed by atoms with van der Waals surface area (Å²) in [5, 5.41) is 3.08. The molecule has 0 aliphatic carbocycles. The quantitative estimate of drug-likeness (QED) is 0.729. The van der Waals surface area contributed by atoms with E-state index in [1.165, 1.54) is 10.5 Å². The van der Waals surface area contributed by atoms with Gasteiger partial charge in [0.05, 0.1) is 6.54 Å². The Balaban J connectivity index is 2.46. The lowest BCUT2D eigenvalue weighted by molar-refractivity contribution is -0.144. The minimum Gasteiger partial charge on any atom is -0.309 e. The zero-order valence-corrected chi connectivity index (χ0v) is 9.12. The van der Waals surface area contributed by atoms with Gasteiger partial charge in [0.2, 0.25) is 0 Å². The molecule has 1 aliphatic heterocycles. The van der Waals surface area contributed by atoms with Crippen LogP contribution in [0.3, 0.4) is 0 Å². The van der Waals surface area contributed by atoms with Gasteiger partial charge in [-0.15, -0.1) is 0 Å². The van der Waals surface area contributed by atoms with Gasteiger partial charge >= 0.3 is 6.18 Å². The van der Waals surface area contributed by atoms with E-state index >= 15 is 0 Å². The molecule has 1 saturated heterocycles. The van der Waals surface area contributed by atoms with E-state index in [-0.39, 0.29) is 0 Å². The summed E-state index contributed by atoms with van der Waals surface area (Å²) in [6.45, 7) is 5.36. The number of halogens is 3. The molecule has 2 nitrogen and oxygen atoms in total. The summed E-state index contributed by atoms with van der Waals surface area (Å²) in [7, 11) is 0. The number of alkyl halides is 3. The van der Waals surface area contributed by atoms with Crippen LogP contribution in [0.25, 0.3) is 0 Å². The average molecular weight is 222 g/mol. The van der Waals surface area contributed by atoms with Gasteiger partial charge < -0.3 is 5.32 Å².